The lowest BCUT2D eigenvalue weighted by molar-refractivity contribution is 0.493. The van der Waals surface area contributed by atoms with Crippen LogP contribution in [0.5, 0.6) is 0 Å². The molecule has 2 rings (SSSR count). The van der Waals surface area contributed by atoms with Crippen molar-refractivity contribution in [1.29, 1.82) is 0 Å². The molecule has 1 aromatic carbocycles. The van der Waals surface area contributed by atoms with Gasteiger partial charge in [-0.05, 0) is 81.7 Å². The van der Waals surface area contributed by atoms with Crippen LogP contribution in [0.4, 0.5) is 0 Å². The zero-order chi connectivity index (χ0) is 18.2. The molecule has 0 amide bonds. The first-order chi connectivity index (χ1) is 11.2. The Morgan fingerprint density at radius 2 is 1.46 bits per heavy atom. The summed E-state index contributed by atoms with van der Waals surface area (Å²) in [4.78, 5) is 0. The highest BCUT2D eigenvalue weighted by molar-refractivity contribution is 5.77. The molecule has 1 aromatic heterocycles. The summed E-state index contributed by atoms with van der Waals surface area (Å²) in [6, 6.07) is 2.70. The second-order valence-corrected chi connectivity index (χ2v) is 7.79. The van der Waals surface area contributed by atoms with E-state index in [0.717, 1.165) is 12.8 Å². The Labute approximate surface area is 148 Å². The van der Waals surface area contributed by atoms with Gasteiger partial charge in [0.05, 0.1) is 5.69 Å². The average Bonchev–Trinajstić information content (AvgIpc) is 2.86. The molecule has 132 valence electrons. The number of hydrogen-bond acceptors (Lipinski definition) is 1. The van der Waals surface area contributed by atoms with Crippen LogP contribution in [0.1, 0.15) is 86.6 Å². The fourth-order valence-electron chi connectivity index (χ4n) is 3.72. The van der Waals surface area contributed by atoms with Crippen molar-refractivity contribution in [2.24, 2.45) is 0 Å². The summed E-state index contributed by atoms with van der Waals surface area (Å²) in [5, 5.41) is 5.06. The third-order valence-electron chi connectivity index (χ3n) is 5.16. The Hall–Kier alpha value is -1.57. The minimum atomic E-state index is 0.387. The van der Waals surface area contributed by atoms with Crippen LogP contribution in [0.25, 0.3) is 11.1 Å². The molecule has 2 nitrogen and oxygen atoms in total. The Kier molecular flexibility index (Phi) is 5.57. The molecule has 0 aliphatic carbocycles. The summed E-state index contributed by atoms with van der Waals surface area (Å²) in [5.74, 6) is 0.458. The van der Waals surface area contributed by atoms with E-state index in [1.807, 2.05) is 0 Å². The van der Waals surface area contributed by atoms with Crippen molar-refractivity contribution in [2.75, 3.05) is 0 Å². The van der Waals surface area contributed by atoms with E-state index in [2.05, 4.69) is 73.1 Å². The molecule has 1 heterocycles. The highest BCUT2D eigenvalue weighted by atomic mass is 15.3. The fourth-order valence-corrected chi connectivity index (χ4v) is 3.72. The topological polar surface area (TPSA) is 17.8 Å². The van der Waals surface area contributed by atoms with Crippen LogP contribution in [0, 0.1) is 27.7 Å². The van der Waals surface area contributed by atoms with Gasteiger partial charge in [-0.1, -0.05) is 33.3 Å². The van der Waals surface area contributed by atoms with Gasteiger partial charge in [-0.25, -0.2) is 0 Å². The minimum absolute atomic E-state index is 0.387. The summed E-state index contributed by atoms with van der Waals surface area (Å²) in [5.41, 5.74) is 11.1. The lowest BCUT2D eigenvalue weighted by Gasteiger charge is -2.20. The fraction of sp³-hybridized carbons (Fsp3) is 0.591. The van der Waals surface area contributed by atoms with Crippen molar-refractivity contribution >= 4 is 0 Å². The molecule has 24 heavy (non-hydrogen) atoms. The number of aromatic nitrogens is 2. The summed E-state index contributed by atoms with van der Waals surface area (Å²) in [6.45, 7) is 20.3. The van der Waals surface area contributed by atoms with Crippen molar-refractivity contribution in [3.63, 3.8) is 0 Å². The van der Waals surface area contributed by atoms with Gasteiger partial charge in [-0.2, -0.15) is 5.10 Å². The van der Waals surface area contributed by atoms with E-state index in [1.165, 1.54) is 44.8 Å². The van der Waals surface area contributed by atoms with E-state index >= 15 is 0 Å². The number of hydrogen-bond donors (Lipinski definition) is 0. The maximum absolute atomic E-state index is 5.06. The van der Waals surface area contributed by atoms with Crippen LogP contribution in [0.2, 0.25) is 0 Å². The van der Waals surface area contributed by atoms with Gasteiger partial charge >= 0.3 is 0 Å². The van der Waals surface area contributed by atoms with Crippen LogP contribution >= 0.6 is 0 Å². The van der Waals surface area contributed by atoms with Crippen LogP contribution in [0.3, 0.4) is 0 Å². The van der Waals surface area contributed by atoms with Crippen molar-refractivity contribution in [2.45, 2.75) is 87.1 Å². The van der Waals surface area contributed by atoms with Crippen LogP contribution in [0.15, 0.2) is 6.07 Å². The highest BCUT2D eigenvalue weighted by Crippen LogP contribution is 2.40. The SMILES string of the molecule is CCCc1nn(C(C)C)c(C(C)C)c1-c1c(C)c(C)cc(C)c1C. The van der Waals surface area contributed by atoms with Gasteiger partial charge in [0, 0.05) is 17.3 Å². The molecular weight excluding hydrogens is 292 g/mol. The molecule has 0 N–H and O–H groups in total. The lowest BCUT2D eigenvalue weighted by Crippen LogP contribution is -2.09. The second-order valence-electron chi connectivity index (χ2n) is 7.79. The van der Waals surface area contributed by atoms with Crippen molar-refractivity contribution in [1.82, 2.24) is 9.78 Å². The van der Waals surface area contributed by atoms with E-state index in [0.29, 0.717) is 12.0 Å². The number of nitrogens with zero attached hydrogens (tertiary/aromatic N) is 2. The zero-order valence-corrected chi connectivity index (χ0v) is 17.0. The Bertz CT molecular complexity index is 707. The molecule has 0 bridgehead atoms. The van der Waals surface area contributed by atoms with Gasteiger partial charge in [-0.3, -0.25) is 4.68 Å². The first-order valence-corrected chi connectivity index (χ1v) is 9.39. The van der Waals surface area contributed by atoms with E-state index in [4.69, 9.17) is 5.10 Å². The Balaban J connectivity index is 2.92. The average molecular weight is 327 g/mol. The maximum atomic E-state index is 5.06. The molecule has 0 saturated carbocycles. The standard InChI is InChI=1S/C22H34N2/c1-10-11-19-21(22(13(2)3)24(23-19)14(4)5)20-17(8)15(6)12-16(7)18(20)9/h12-14H,10-11H2,1-9H3. The molecule has 0 atom stereocenters. The maximum Gasteiger partial charge on any atom is 0.0706 e. The van der Waals surface area contributed by atoms with Crippen molar-refractivity contribution < 1.29 is 0 Å². The minimum Gasteiger partial charge on any atom is -0.266 e. The molecule has 0 saturated heterocycles. The Morgan fingerprint density at radius 1 is 0.917 bits per heavy atom. The number of benzene rings is 1. The van der Waals surface area contributed by atoms with E-state index in [1.54, 1.807) is 0 Å². The molecule has 0 aliphatic heterocycles. The van der Waals surface area contributed by atoms with Crippen LogP contribution in [-0.4, -0.2) is 9.78 Å². The third kappa shape index (κ3) is 3.16. The molecule has 0 aliphatic rings. The van der Waals surface area contributed by atoms with Crippen molar-refractivity contribution in [3.8, 4) is 11.1 Å². The lowest BCUT2D eigenvalue weighted by atomic mass is 9.86. The summed E-state index contributed by atoms with van der Waals surface area (Å²) in [7, 11) is 0. The summed E-state index contributed by atoms with van der Waals surface area (Å²) < 4.78 is 2.27. The van der Waals surface area contributed by atoms with Gasteiger partial charge in [0.1, 0.15) is 0 Å². The molecule has 2 aromatic rings. The quantitative estimate of drug-likeness (QED) is 0.618. The molecule has 0 fully saturated rings. The molecular formula is C22H34N2. The van der Waals surface area contributed by atoms with Crippen LogP contribution in [-0.2, 0) is 6.42 Å². The van der Waals surface area contributed by atoms with Gasteiger partial charge in [0.2, 0.25) is 0 Å². The van der Waals surface area contributed by atoms with Gasteiger partial charge < -0.3 is 0 Å². The van der Waals surface area contributed by atoms with E-state index in [-0.39, 0.29) is 0 Å². The Morgan fingerprint density at radius 3 is 1.88 bits per heavy atom. The first kappa shape index (κ1) is 18.8. The van der Waals surface area contributed by atoms with E-state index < -0.39 is 0 Å². The highest BCUT2D eigenvalue weighted by Gasteiger charge is 2.25. The predicted octanol–water partition coefficient (Wildman–Crippen LogP) is 6.44. The number of aryl methyl sites for hydroxylation is 3. The van der Waals surface area contributed by atoms with Gasteiger partial charge in [-0.15, -0.1) is 0 Å². The zero-order valence-electron chi connectivity index (χ0n) is 17.0. The molecule has 0 unspecified atom stereocenters. The third-order valence-corrected chi connectivity index (χ3v) is 5.16. The first-order valence-electron chi connectivity index (χ1n) is 9.39. The van der Waals surface area contributed by atoms with Gasteiger partial charge in [0.15, 0.2) is 0 Å². The van der Waals surface area contributed by atoms with E-state index in [9.17, 15) is 0 Å². The van der Waals surface area contributed by atoms with Crippen LogP contribution < -0.4 is 0 Å². The predicted molar refractivity (Wildman–Crippen MR) is 105 cm³/mol. The van der Waals surface area contributed by atoms with Gasteiger partial charge in [0.25, 0.3) is 0 Å². The largest absolute Gasteiger partial charge is 0.266 e. The number of rotatable bonds is 5. The summed E-state index contributed by atoms with van der Waals surface area (Å²) >= 11 is 0. The molecule has 0 spiro atoms. The molecule has 0 radical (unpaired) electrons. The summed E-state index contributed by atoms with van der Waals surface area (Å²) in [6.07, 6.45) is 2.17. The molecule has 2 heteroatoms. The normalized spacial score (nSPS) is 11.8. The monoisotopic (exact) mass is 326 g/mol. The smallest absolute Gasteiger partial charge is 0.0706 e. The van der Waals surface area contributed by atoms with Crippen molar-refractivity contribution in [3.05, 3.63) is 39.7 Å². The second kappa shape index (κ2) is 7.13.